The second-order valence-corrected chi connectivity index (χ2v) is 8.60. The summed E-state index contributed by atoms with van der Waals surface area (Å²) in [5, 5.41) is 5.06. The highest BCUT2D eigenvalue weighted by atomic mass is 32.1. The van der Waals surface area contributed by atoms with E-state index >= 15 is 0 Å². The Morgan fingerprint density at radius 3 is 2.73 bits per heavy atom. The highest BCUT2D eigenvalue weighted by Crippen LogP contribution is 2.24. The number of anilines is 1. The first kappa shape index (κ1) is 22.8. The molecule has 1 N–H and O–H groups in total. The fourth-order valence-electron chi connectivity index (χ4n) is 3.54. The molecule has 0 aliphatic carbocycles. The van der Waals surface area contributed by atoms with E-state index in [1.165, 1.54) is 5.56 Å². The quantitative estimate of drug-likeness (QED) is 0.374. The van der Waals surface area contributed by atoms with Crippen LogP contribution in [0.5, 0.6) is 5.75 Å². The molecule has 172 valence electrons. The molecule has 4 rings (SSSR count). The van der Waals surface area contributed by atoms with E-state index in [9.17, 15) is 4.79 Å². The van der Waals surface area contributed by atoms with Crippen molar-refractivity contribution in [1.29, 1.82) is 0 Å². The maximum Gasteiger partial charge on any atom is 0.321 e. The van der Waals surface area contributed by atoms with E-state index in [1.54, 1.807) is 36.5 Å². The molecular formula is C25H28N4O3S. The van der Waals surface area contributed by atoms with Crippen molar-refractivity contribution in [3.63, 3.8) is 0 Å². The number of fused-ring (bicyclic) bond motifs is 1. The van der Waals surface area contributed by atoms with Crippen LogP contribution in [-0.2, 0) is 11.2 Å². The number of aromatic nitrogens is 2. The van der Waals surface area contributed by atoms with Crippen molar-refractivity contribution < 1.29 is 14.3 Å². The van der Waals surface area contributed by atoms with Crippen molar-refractivity contribution >= 4 is 28.0 Å². The second-order valence-electron chi connectivity index (χ2n) is 7.76. The third-order valence-corrected chi connectivity index (χ3v) is 6.33. The molecule has 4 aromatic rings. The molecule has 0 saturated heterocycles. The van der Waals surface area contributed by atoms with E-state index in [0.29, 0.717) is 37.6 Å². The molecule has 0 unspecified atom stereocenters. The zero-order valence-corrected chi connectivity index (χ0v) is 19.9. The number of hydrogen-bond donors (Lipinski definition) is 1. The average molecular weight is 465 g/mol. The summed E-state index contributed by atoms with van der Waals surface area (Å²) in [6.07, 6.45) is 2.78. The van der Waals surface area contributed by atoms with E-state index < -0.39 is 0 Å². The van der Waals surface area contributed by atoms with Gasteiger partial charge in [-0.2, -0.15) is 0 Å². The number of imidazole rings is 1. The molecule has 0 atom stereocenters. The Hall–Kier alpha value is -3.36. The molecule has 2 aromatic heterocycles. The largest absolute Gasteiger partial charge is 0.497 e. The minimum Gasteiger partial charge on any atom is -0.497 e. The zero-order chi connectivity index (χ0) is 23.2. The van der Waals surface area contributed by atoms with Gasteiger partial charge in [0.05, 0.1) is 19.4 Å². The summed E-state index contributed by atoms with van der Waals surface area (Å²) in [6, 6.07) is 15.5. The first-order valence-corrected chi connectivity index (χ1v) is 11.7. The summed E-state index contributed by atoms with van der Waals surface area (Å²) < 4.78 is 12.6. The summed E-state index contributed by atoms with van der Waals surface area (Å²) in [5.74, 6) is 0.696. The summed E-state index contributed by atoms with van der Waals surface area (Å²) in [5.41, 5.74) is 5.09. The molecule has 7 nitrogen and oxygen atoms in total. The fourth-order valence-corrected chi connectivity index (χ4v) is 4.45. The van der Waals surface area contributed by atoms with Crippen LogP contribution in [-0.4, -0.2) is 54.2 Å². The number of rotatable bonds is 9. The molecule has 0 aliphatic rings. The van der Waals surface area contributed by atoms with Crippen molar-refractivity contribution in [3.8, 4) is 17.0 Å². The van der Waals surface area contributed by atoms with Gasteiger partial charge >= 0.3 is 6.03 Å². The summed E-state index contributed by atoms with van der Waals surface area (Å²) in [4.78, 5) is 20.5. The van der Waals surface area contributed by atoms with E-state index in [4.69, 9.17) is 14.5 Å². The number of aryl methyl sites for hydroxylation is 1. The van der Waals surface area contributed by atoms with Crippen molar-refractivity contribution in [2.24, 2.45) is 0 Å². The highest BCUT2D eigenvalue weighted by molar-refractivity contribution is 7.15. The van der Waals surface area contributed by atoms with Crippen LogP contribution in [0.15, 0.2) is 60.1 Å². The molecule has 0 radical (unpaired) electrons. The average Bonchev–Trinajstić information content (AvgIpc) is 3.41. The van der Waals surface area contributed by atoms with Crippen LogP contribution in [0.4, 0.5) is 10.5 Å². The van der Waals surface area contributed by atoms with Crippen LogP contribution in [0.2, 0.25) is 0 Å². The van der Waals surface area contributed by atoms with Gasteiger partial charge in [0, 0.05) is 61.2 Å². The topological polar surface area (TPSA) is 68.1 Å². The lowest BCUT2D eigenvalue weighted by molar-refractivity contribution is 0.155. The van der Waals surface area contributed by atoms with Gasteiger partial charge in [0.25, 0.3) is 0 Å². The van der Waals surface area contributed by atoms with Gasteiger partial charge in [-0.1, -0.05) is 35.9 Å². The number of nitrogens with zero attached hydrogens (tertiary/aromatic N) is 3. The van der Waals surface area contributed by atoms with Gasteiger partial charge in [-0.3, -0.25) is 4.40 Å². The van der Waals surface area contributed by atoms with Crippen LogP contribution in [0, 0.1) is 6.92 Å². The molecule has 2 amide bonds. The van der Waals surface area contributed by atoms with Gasteiger partial charge in [0.1, 0.15) is 5.75 Å². The Kier molecular flexibility index (Phi) is 7.26. The van der Waals surface area contributed by atoms with Gasteiger partial charge in [-0.15, -0.1) is 11.3 Å². The van der Waals surface area contributed by atoms with Crippen LogP contribution in [0.1, 0.15) is 11.3 Å². The minimum absolute atomic E-state index is 0.169. The minimum atomic E-state index is -0.169. The first-order chi connectivity index (χ1) is 16.1. The van der Waals surface area contributed by atoms with Gasteiger partial charge in [0.15, 0.2) is 4.96 Å². The summed E-state index contributed by atoms with van der Waals surface area (Å²) >= 11 is 1.61. The highest BCUT2D eigenvalue weighted by Gasteiger charge is 2.16. The van der Waals surface area contributed by atoms with Crippen molar-refractivity contribution in [1.82, 2.24) is 14.3 Å². The first-order valence-electron chi connectivity index (χ1n) is 10.8. The molecule has 2 aromatic carbocycles. The number of benzene rings is 2. The molecule has 8 heteroatoms. The number of ether oxygens (including phenoxy) is 2. The van der Waals surface area contributed by atoms with Gasteiger partial charge in [-0.25, -0.2) is 9.78 Å². The molecule has 33 heavy (non-hydrogen) atoms. The molecular weight excluding hydrogens is 436 g/mol. The van der Waals surface area contributed by atoms with Gasteiger partial charge in [-0.05, 0) is 19.1 Å². The number of carbonyl (C=O) groups is 1. The fraction of sp³-hybridized carbons (Fsp3) is 0.280. The Morgan fingerprint density at radius 1 is 1.15 bits per heavy atom. The van der Waals surface area contributed by atoms with E-state index in [0.717, 1.165) is 21.9 Å². The number of methoxy groups -OCH3 is 2. The monoisotopic (exact) mass is 464 g/mol. The summed E-state index contributed by atoms with van der Waals surface area (Å²) in [6.45, 7) is 3.60. The van der Waals surface area contributed by atoms with Crippen LogP contribution in [0.3, 0.4) is 0 Å². The molecule has 0 fully saturated rings. The number of hydrogen-bond acceptors (Lipinski definition) is 5. The molecule has 0 saturated carbocycles. The lowest BCUT2D eigenvalue weighted by atomic mass is 10.1. The maximum atomic E-state index is 13.0. The van der Waals surface area contributed by atoms with Crippen molar-refractivity contribution in [2.75, 3.05) is 39.2 Å². The standard InChI is InChI=1S/C25H28N4O3S/c1-18-7-9-19(10-8-18)23-16-29-21(17-33-25(29)27-23)11-12-28(13-14-31-2)24(30)26-20-5-4-6-22(15-20)32-3/h4-10,15-17H,11-14H2,1-3H3,(H,26,30). The number of nitrogens with one attached hydrogen (secondary N) is 1. The number of urea groups is 1. The van der Waals surface area contributed by atoms with Crippen molar-refractivity contribution in [2.45, 2.75) is 13.3 Å². The predicted octanol–water partition coefficient (Wildman–Crippen LogP) is 5.10. The Morgan fingerprint density at radius 2 is 1.97 bits per heavy atom. The lowest BCUT2D eigenvalue weighted by Gasteiger charge is -2.23. The molecule has 0 bridgehead atoms. The van der Waals surface area contributed by atoms with Gasteiger partial charge in [0.2, 0.25) is 0 Å². The van der Waals surface area contributed by atoms with E-state index in [-0.39, 0.29) is 6.03 Å². The molecule has 2 heterocycles. The Bertz CT molecular complexity index is 1220. The van der Waals surface area contributed by atoms with Crippen LogP contribution in [0.25, 0.3) is 16.2 Å². The smallest absolute Gasteiger partial charge is 0.321 e. The van der Waals surface area contributed by atoms with Crippen LogP contribution < -0.4 is 10.1 Å². The zero-order valence-electron chi connectivity index (χ0n) is 19.1. The Labute approximate surface area is 197 Å². The van der Waals surface area contributed by atoms with Gasteiger partial charge < -0.3 is 19.7 Å². The lowest BCUT2D eigenvalue weighted by Crippen LogP contribution is -2.38. The summed E-state index contributed by atoms with van der Waals surface area (Å²) in [7, 11) is 3.24. The number of thiazole rings is 1. The Balaban J connectivity index is 1.46. The SMILES string of the molecule is COCCN(CCc1csc2nc(-c3ccc(C)cc3)cn12)C(=O)Nc1cccc(OC)c1. The predicted molar refractivity (Wildman–Crippen MR) is 132 cm³/mol. The third kappa shape index (κ3) is 5.53. The maximum absolute atomic E-state index is 13.0. The molecule has 0 aliphatic heterocycles. The van der Waals surface area contributed by atoms with Crippen molar-refractivity contribution in [3.05, 3.63) is 71.4 Å². The number of carbonyl (C=O) groups excluding carboxylic acids is 1. The van der Waals surface area contributed by atoms with E-state index in [1.807, 2.05) is 18.2 Å². The normalized spacial score (nSPS) is 11.0. The molecule has 0 spiro atoms. The van der Waals surface area contributed by atoms with Crippen LogP contribution >= 0.6 is 11.3 Å². The second kappa shape index (κ2) is 10.5. The third-order valence-electron chi connectivity index (χ3n) is 5.44. The number of amides is 2. The van der Waals surface area contributed by atoms with E-state index in [2.05, 4.69) is 52.5 Å².